The third-order valence-corrected chi connectivity index (χ3v) is 5.82. The summed E-state index contributed by atoms with van der Waals surface area (Å²) in [5.74, 6) is 1.14. The van der Waals surface area contributed by atoms with E-state index in [2.05, 4.69) is 88.3 Å². The summed E-state index contributed by atoms with van der Waals surface area (Å²) in [6.07, 6.45) is 0.974. The summed E-state index contributed by atoms with van der Waals surface area (Å²) in [5.41, 5.74) is 6.07. The first-order valence-corrected chi connectivity index (χ1v) is 11.2. The normalized spacial score (nSPS) is 11.4. The number of aromatic nitrogens is 2. The average molecular weight is 562 g/mol. The molecule has 3 aromatic rings. The molecule has 7 heteroatoms. The van der Waals surface area contributed by atoms with Crippen LogP contribution in [-0.2, 0) is 17.8 Å². The Bertz CT molecular complexity index is 949. The molecular formula is C26H36IN5O. The zero-order valence-corrected chi connectivity index (χ0v) is 22.4. The molecule has 1 aromatic heterocycles. The fourth-order valence-corrected chi connectivity index (χ4v) is 4.01. The van der Waals surface area contributed by atoms with Crippen molar-refractivity contribution in [2.45, 2.75) is 39.3 Å². The van der Waals surface area contributed by atoms with Crippen LogP contribution in [0.5, 0.6) is 0 Å². The molecule has 0 aliphatic rings. The van der Waals surface area contributed by atoms with Gasteiger partial charge in [-0.25, -0.2) is 0 Å². The highest BCUT2D eigenvalue weighted by molar-refractivity contribution is 14.0. The molecule has 0 bridgehead atoms. The minimum atomic E-state index is 0. The standard InChI is InChI=1S/C26H35N5O.HI/c1-20-25(21(2)31(30-20)17-18-32-4)19-29-26(27-3)28-16-15-24(22-11-7-5-8-12-22)23-13-9-6-10-14-23;/h5-14,24H,15-19H2,1-4H3,(H2,27,28,29);1H. The quantitative estimate of drug-likeness (QED) is 0.215. The zero-order valence-electron chi connectivity index (χ0n) is 20.0. The highest BCUT2D eigenvalue weighted by Crippen LogP contribution is 2.27. The molecule has 0 fully saturated rings. The minimum absolute atomic E-state index is 0. The molecule has 6 nitrogen and oxygen atoms in total. The van der Waals surface area contributed by atoms with Crippen molar-refractivity contribution in [2.24, 2.45) is 4.99 Å². The van der Waals surface area contributed by atoms with E-state index in [4.69, 9.17) is 4.74 Å². The number of methoxy groups -OCH3 is 1. The molecule has 33 heavy (non-hydrogen) atoms. The van der Waals surface area contributed by atoms with E-state index in [1.807, 2.05) is 18.7 Å². The van der Waals surface area contributed by atoms with Crippen LogP contribution < -0.4 is 10.6 Å². The van der Waals surface area contributed by atoms with E-state index in [1.165, 1.54) is 16.7 Å². The van der Waals surface area contributed by atoms with Gasteiger partial charge in [0.25, 0.3) is 0 Å². The number of ether oxygens (including phenoxy) is 1. The van der Waals surface area contributed by atoms with Crippen LogP contribution >= 0.6 is 24.0 Å². The largest absolute Gasteiger partial charge is 0.383 e. The van der Waals surface area contributed by atoms with Crippen LogP contribution in [0, 0.1) is 13.8 Å². The van der Waals surface area contributed by atoms with E-state index in [0.29, 0.717) is 19.1 Å². The molecule has 0 radical (unpaired) electrons. The number of guanidine groups is 1. The Hall–Kier alpha value is -2.39. The third kappa shape index (κ3) is 7.57. The van der Waals surface area contributed by atoms with Gasteiger partial charge in [-0.15, -0.1) is 24.0 Å². The first kappa shape index (κ1) is 26.9. The second-order valence-electron chi connectivity index (χ2n) is 7.88. The fraction of sp³-hybridized carbons (Fsp3) is 0.385. The number of halogens is 1. The van der Waals surface area contributed by atoms with Crippen LogP contribution in [0.15, 0.2) is 65.7 Å². The maximum Gasteiger partial charge on any atom is 0.191 e. The van der Waals surface area contributed by atoms with Crippen LogP contribution in [0.2, 0.25) is 0 Å². The first-order chi connectivity index (χ1) is 15.6. The van der Waals surface area contributed by atoms with Crippen LogP contribution in [0.1, 0.15) is 40.4 Å². The lowest BCUT2D eigenvalue weighted by Gasteiger charge is -2.19. The van der Waals surface area contributed by atoms with Crippen LogP contribution in [-0.4, -0.2) is 43.0 Å². The Morgan fingerprint density at radius 2 is 1.61 bits per heavy atom. The van der Waals surface area contributed by atoms with Crippen LogP contribution in [0.25, 0.3) is 0 Å². The highest BCUT2D eigenvalue weighted by atomic mass is 127. The van der Waals surface area contributed by atoms with Crippen molar-refractivity contribution in [1.29, 1.82) is 0 Å². The number of hydrogen-bond acceptors (Lipinski definition) is 3. The van der Waals surface area contributed by atoms with Gasteiger partial charge in [-0.2, -0.15) is 5.10 Å². The lowest BCUT2D eigenvalue weighted by Crippen LogP contribution is -2.38. The van der Waals surface area contributed by atoms with Gasteiger partial charge in [0, 0.05) is 44.4 Å². The minimum Gasteiger partial charge on any atom is -0.383 e. The van der Waals surface area contributed by atoms with Gasteiger partial charge < -0.3 is 15.4 Å². The van der Waals surface area contributed by atoms with Gasteiger partial charge in [0.15, 0.2) is 5.96 Å². The van der Waals surface area contributed by atoms with Crippen molar-refractivity contribution in [1.82, 2.24) is 20.4 Å². The van der Waals surface area contributed by atoms with E-state index in [1.54, 1.807) is 7.11 Å². The number of nitrogens with one attached hydrogen (secondary N) is 2. The number of aliphatic imine (C=N–C) groups is 1. The zero-order chi connectivity index (χ0) is 22.8. The highest BCUT2D eigenvalue weighted by Gasteiger charge is 2.15. The van der Waals surface area contributed by atoms with Gasteiger partial charge in [-0.1, -0.05) is 60.7 Å². The second-order valence-corrected chi connectivity index (χ2v) is 7.88. The summed E-state index contributed by atoms with van der Waals surface area (Å²) >= 11 is 0. The van der Waals surface area contributed by atoms with Crippen LogP contribution in [0.4, 0.5) is 0 Å². The molecule has 0 atom stereocenters. The molecule has 0 saturated heterocycles. The number of aryl methyl sites for hydroxylation is 1. The summed E-state index contributed by atoms with van der Waals surface area (Å²) in [4.78, 5) is 4.41. The monoisotopic (exact) mass is 561 g/mol. The molecule has 0 aliphatic heterocycles. The lowest BCUT2D eigenvalue weighted by molar-refractivity contribution is 0.182. The van der Waals surface area contributed by atoms with Crippen LogP contribution in [0.3, 0.4) is 0 Å². The van der Waals surface area contributed by atoms with Gasteiger partial charge >= 0.3 is 0 Å². The molecule has 2 N–H and O–H groups in total. The number of benzene rings is 2. The molecule has 3 rings (SSSR count). The van der Waals surface area contributed by atoms with Gasteiger partial charge in [0.2, 0.25) is 0 Å². The molecule has 0 saturated carbocycles. The van der Waals surface area contributed by atoms with E-state index in [0.717, 1.165) is 36.9 Å². The summed E-state index contributed by atoms with van der Waals surface area (Å²) in [6, 6.07) is 21.4. The van der Waals surface area contributed by atoms with Crippen molar-refractivity contribution in [3.63, 3.8) is 0 Å². The second kappa shape index (κ2) is 14.0. The third-order valence-electron chi connectivity index (χ3n) is 5.82. The fourth-order valence-electron chi connectivity index (χ4n) is 4.01. The molecule has 0 amide bonds. The molecule has 178 valence electrons. The van der Waals surface area contributed by atoms with Crippen molar-refractivity contribution in [3.8, 4) is 0 Å². The lowest BCUT2D eigenvalue weighted by atomic mass is 9.88. The van der Waals surface area contributed by atoms with Gasteiger partial charge in [-0.05, 0) is 31.4 Å². The number of rotatable bonds is 10. The van der Waals surface area contributed by atoms with E-state index in [-0.39, 0.29) is 24.0 Å². The predicted octanol–water partition coefficient (Wildman–Crippen LogP) is 4.65. The Balaban J connectivity index is 0.00000385. The van der Waals surface area contributed by atoms with Crippen molar-refractivity contribution in [2.75, 3.05) is 27.3 Å². The van der Waals surface area contributed by atoms with Crippen molar-refractivity contribution in [3.05, 3.63) is 88.7 Å². The van der Waals surface area contributed by atoms with Gasteiger partial charge in [0.05, 0.1) is 18.8 Å². The Kier molecular flexibility index (Phi) is 11.4. The number of nitrogens with zero attached hydrogens (tertiary/aromatic N) is 3. The molecule has 0 aliphatic carbocycles. The topological polar surface area (TPSA) is 63.5 Å². The summed E-state index contributed by atoms with van der Waals surface area (Å²) in [7, 11) is 3.52. The van der Waals surface area contributed by atoms with E-state index in [9.17, 15) is 0 Å². The maximum absolute atomic E-state index is 5.19. The summed E-state index contributed by atoms with van der Waals surface area (Å²) < 4.78 is 7.20. The number of hydrogen-bond donors (Lipinski definition) is 2. The Morgan fingerprint density at radius 1 is 1.00 bits per heavy atom. The summed E-state index contributed by atoms with van der Waals surface area (Å²) in [5, 5.41) is 11.6. The Labute approximate surface area is 214 Å². The Morgan fingerprint density at radius 3 is 2.15 bits per heavy atom. The van der Waals surface area contributed by atoms with Gasteiger partial charge in [-0.3, -0.25) is 9.67 Å². The smallest absolute Gasteiger partial charge is 0.191 e. The predicted molar refractivity (Wildman–Crippen MR) is 147 cm³/mol. The van der Waals surface area contributed by atoms with Crippen molar-refractivity contribution >= 4 is 29.9 Å². The average Bonchev–Trinajstić information content (AvgIpc) is 3.10. The van der Waals surface area contributed by atoms with Gasteiger partial charge in [0.1, 0.15) is 0 Å². The maximum atomic E-state index is 5.19. The van der Waals surface area contributed by atoms with E-state index >= 15 is 0 Å². The molecule has 2 aromatic carbocycles. The first-order valence-electron chi connectivity index (χ1n) is 11.2. The molecule has 0 spiro atoms. The molecule has 1 heterocycles. The molecular weight excluding hydrogens is 525 g/mol. The molecule has 0 unspecified atom stereocenters. The summed E-state index contributed by atoms with van der Waals surface area (Å²) in [6.45, 7) is 7.07. The SMILES string of the molecule is CN=C(NCCC(c1ccccc1)c1ccccc1)NCc1c(C)nn(CCOC)c1C.I. The van der Waals surface area contributed by atoms with Crippen molar-refractivity contribution < 1.29 is 4.74 Å². The van der Waals surface area contributed by atoms with E-state index < -0.39 is 0 Å².